The minimum atomic E-state index is -0.233. The van der Waals surface area contributed by atoms with Crippen LogP contribution in [0.25, 0.3) is 0 Å². The van der Waals surface area contributed by atoms with Gasteiger partial charge < -0.3 is 9.64 Å². The summed E-state index contributed by atoms with van der Waals surface area (Å²) >= 11 is 0. The van der Waals surface area contributed by atoms with E-state index in [4.69, 9.17) is 0 Å². The van der Waals surface area contributed by atoms with Crippen LogP contribution >= 0.6 is 0 Å². The van der Waals surface area contributed by atoms with E-state index in [9.17, 15) is 4.79 Å². The third-order valence-corrected chi connectivity index (χ3v) is 2.08. The van der Waals surface area contributed by atoms with Gasteiger partial charge in [0.1, 0.15) is 0 Å². The molecule has 0 radical (unpaired) electrons. The second-order valence-electron chi connectivity index (χ2n) is 3.01. The van der Waals surface area contributed by atoms with Gasteiger partial charge in [0.05, 0.1) is 13.5 Å². The van der Waals surface area contributed by atoms with E-state index in [0.717, 1.165) is 6.54 Å². The second-order valence-corrected chi connectivity index (χ2v) is 3.01. The first-order chi connectivity index (χ1) is 7.19. The minimum Gasteiger partial charge on any atom is -0.469 e. The maximum absolute atomic E-state index is 11.0. The Morgan fingerprint density at radius 2 is 2.33 bits per heavy atom. The van der Waals surface area contributed by atoms with Crippen molar-refractivity contribution in [2.45, 2.75) is 13.3 Å². The lowest BCUT2D eigenvalue weighted by molar-refractivity contribution is -0.140. The van der Waals surface area contributed by atoms with Gasteiger partial charge in [-0.15, -0.1) is 0 Å². The molecule has 0 unspecified atom stereocenters. The van der Waals surface area contributed by atoms with Crippen molar-refractivity contribution in [2.75, 3.05) is 25.1 Å². The molecule has 0 aromatic carbocycles. The number of hydrogen-bond acceptors (Lipinski definition) is 6. The van der Waals surface area contributed by atoms with Crippen molar-refractivity contribution in [3.63, 3.8) is 0 Å². The fourth-order valence-corrected chi connectivity index (χ4v) is 1.22. The molecule has 0 atom stereocenters. The number of aromatic nitrogens is 4. The summed E-state index contributed by atoms with van der Waals surface area (Å²) in [5, 5.41) is 11.1. The van der Waals surface area contributed by atoms with Crippen LogP contribution < -0.4 is 4.90 Å². The van der Waals surface area contributed by atoms with Crippen molar-refractivity contribution >= 4 is 11.9 Å². The predicted octanol–water partition coefficient (Wildman–Crippen LogP) is -0.401. The van der Waals surface area contributed by atoms with E-state index in [1.54, 1.807) is 11.7 Å². The number of methoxy groups -OCH3 is 1. The summed E-state index contributed by atoms with van der Waals surface area (Å²) in [6, 6.07) is 0. The number of carbonyl (C=O) groups excluding carboxylic acids is 1. The first-order valence-electron chi connectivity index (χ1n) is 4.73. The number of ether oxygens (including phenoxy) is 1. The van der Waals surface area contributed by atoms with Crippen molar-refractivity contribution < 1.29 is 9.53 Å². The number of tetrazole rings is 1. The maximum atomic E-state index is 11.0. The average molecular weight is 213 g/mol. The van der Waals surface area contributed by atoms with Crippen LogP contribution in [0.2, 0.25) is 0 Å². The van der Waals surface area contributed by atoms with Crippen LogP contribution in [0.4, 0.5) is 5.95 Å². The molecule has 0 saturated carbocycles. The number of nitrogens with zero attached hydrogens (tertiary/aromatic N) is 5. The molecule has 15 heavy (non-hydrogen) atoms. The fraction of sp³-hybridized carbons (Fsp3) is 0.750. The number of esters is 1. The lowest BCUT2D eigenvalue weighted by atomic mass is 10.4. The summed E-state index contributed by atoms with van der Waals surface area (Å²) in [4.78, 5) is 12.9. The molecule has 0 fully saturated rings. The molecule has 84 valence electrons. The van der Waals surface area contributed by atoms with Gasteiger partial charge in [-0.25, -0.2) is 4.68 Å². The highest BCUT2D eigenvalue weighted by atomic mass is 16.5. The van der Waals surface area contributed by atoms with Gasteiger partial charge in [0.2, 0.25) is 5.95 Å². The van der Waals surface area contributed by atoms with Gasteiger partial charge >= 0.3 is 5.97 Å². The number of rotatable bonds is 5. The van der Waals surface area contributed by atoms with Crippen LogP contribution in [-0.4, -0.2) is 46.4 Å². The summed E-state index contributed by atoms with van der Waals surface area (Å²) in [5.74, 6) is 0.421. The number of hydrogen-bond donors (Lipinski definition) is 0. The Morgan fingerprint density at radius 3 is 2.80 bits per heavy atom. The van der Waals surface area contributed by atoms with Gasteiger partial charge in [0, 0.05) is 20.1 Å². The molecule has 0 saturated heterocycles. The molecule has 1 rings (SSSR count). The Kier molecular flexibility index (Phi) is 4.02. The zero-order valence-electron chi connectivity index (χ0n) is 9.17. The van der Waals surface area contributed by atoms with Crippen molar-refractivity contribution in [1.82, 2.24) is 20.2 Å². The monoisotopic (exact) mass is 213 g/mol. The van der Waals surface area contributed by atoms with Gasteiger partial charge in [-0.2, -0.15) is 0 Å². The summed E-state index contributed by atoms with van der Waals surface area (Å²) in [7, 11) is 3.14. The van der Waals surface area contributed by atoms with Crippen molar-refractivity contribution in [1.29, 1.82) is 0 Å². The predicted molar refractivity (Wildman–Crippen MR) is 53.3 cm³/mol. The smallest absolute Gasteiger partial charge is 0.307 e. The molecule has 0 aliphatic heterocycles. The SMILES string of the molecule is CCN(CCC(=O)OC)c1nnnn1C. The summed E-state index contributed by atoms with van der Waals surface area (Å²) in [6.07, 6.45) is 0.331. The molecule has 1 aromatic heterocycles. The second kappa shape index (κ2) is 5.28. The third kappa shape index (κ3) is 2.90. The van der Waals surface area contributed by atoms with Gasteiger partial charge in [-0.3, -0.25) is 4.79 Å². The standard InChI is InChI=1S/C8H15N5O2/c1-4-13(6-5-7(14)15-3)8-9-10-11-12(8)2/h4-6H2,1-3H3. The Balaban J connectivity index is 2.57. The van der Waals surface area contributed by atoms with Crippen LogP contribution in [0.15, 0.2) is 0 Å². The molecule has 0 N–H and O–H groups in total. The normalized spacial score (nSPS) is 10.1. The quantitative estimate of drug-likeness (QED) is 0.620. The molecule has 1 heterocycles. The van der Waals surface area contributed by atoms with Gasteiger partial charge in [0.15, 0.2) is 0 Å². The fourth-order valence-electron chi connectivity index (χ4n) is 1.22. The molecule has 0 aliphatic carbocycles. The van der Waals surface area contributed by atoms with Crippen LogP contribution in [0.5, 0.6) is 0 Å². The number of anilines is 1. The largest absolute Gasteiger partial charge is 0.469 e. The van der Waals surface area contributed by atoms with E-state index in [1.807, 2.05) is 11.8 Å². The Hall–Kier alpha value is -1.66. The van der Waals surface area contributed by atoms with E-state index in [-0.39, 0.29) is 5.97 Å². The molecule has 0 bridgehead atoms. The Labute approximate surface area is 88.0 Å². The van der Waals surface area contributed by atoms with E-state index in [1.165, 1.54) is 7.11 Å². The lowest BCUT2D eigenvalue weighted by Crippen LogP contribution is -2.28. The third-order valence-electron chi connectivity index (χ3n) is 2.08. The van der Waals surface area contributed by atoms with Crippen LogP contribution in [0, 0.1) is 0 Å². The van der Waals surface area contributed by atoms with Crippen LogP contribution in [0.1, 0.15) is 13.3 Å². The molecule has 0 spiro atoms. The van der Waals surface area contributed by atoms with Crippen LogP contribution in [-0.2, 0) is 16.6 Å². The molecule has 0 aliphatic rings. The van der Waals surface area contributed by atoms with Crippen molar-refractivity contribution in [2.24, 2.45) is 7.05 Å². The van der Waals surface area contributed by atoms with Gasteiger partial charge in [-0.05, 0) is 17.4 Å². The zero-order valence-corrected chi connectivity index (χ0v) is 9.17. The van der Waals surface area contributed by atoms with E-state index >= 15 is 0 Å². The Bertz CT molecular complexity index is 325. The lowest BCUT2D eigenvalue weighted by Gasteiger charge is -2.19. The molecule has 0 amide bonds. The highest BCUT2D eigenvalue weighted by Crippen LogP contribution is 2.06. The van der Waals surface area contributed by atoms with Gasteiger partial charge in [-0.1, -0.05) is 5.10 Å². The van der Waals surface area contributed by atoms with E-state index in [0.29, 0.717) is 18.9 Å². The summed E-state index contributed by atoms with van der Waals surface area (Å²) in [5.41, 5.74) is 0. The summed E-state index contributed by atoms with van der Waals surface area (Å²) < 4.78 is 6.14. The Morgan fingerprint density at radius 1 is 1.60 bits per heavy atom. The first kappa shape index (κ1) is 11.4. The average Bonchev–Trinajstić information content (AvgIpc) is 2.65. The van der Waals surface area contributed by atoms with E-state index < -0.39 is 0 Å². The van der Waals surface area contributed by atoms with Crippen molar-refractivity contribution in [3.8, 4) is 0 Å². The highest BCUT2D eigenvalue weighted by Gasteiger charge is 2.12. The minimum absolute atomic E-state index is 0.233. The summed E-state index contributed by atoms with van der Waals surface area (Å²) in [6.45, 7) is 3.27. The topological polar surface area (TPSA) is 73.1 Å². The van der Waals surface area contributed by atoms with Crippen LogP contribution in [0.3, 0.4) is 0 Å². The number of aryl methyl sites for hydroxylation is 1. The molecule has 7 nitrogen and oxygen atoms in total. The van der Waals surface area contributed by atoms with E-state index in [2.05, 4.69) is 20.3 Å². The first-order valence-corrected chi connectivity index (χ1v) is 4.73. The number of carbonyl (C=O) groups is 1. The van der Waals surface area contributed by atoms with Gasteiger partial charge in [0.25, 0.3) is 0 Å². The maximum Gasteiger partial charge on any atom is 0.307 e. The zero-order chi connectivity index (χ0) is 11.3. The molecular weight excluding hydrogens is 198 g/mol. The molecule has 1 aromatic rings. The van der Waals surface area contributed by atoms with Crippen molar-refractivity contribution in [3.05, 3.63) is 0 Å². The highest BCUT2D eigenvalue weighted by molar-refractivity contribution is 5.69. The molecule has 7 heteroatoms. The molecular formula is C8H15N5O2.